The van der Waals surface area contributed by atoms with Gasteiger partial charge in [-0.1, -0.05) is 11.2 Å². The molecule has 1 aliphatic carbocycles. The number of nitrogens with zero attached hydrogens (tertiary/aromatic N) is 2. The van der Waals surface area contributed by atoms with E-state index < -0.39 is 0 Å². The van der Waals surface area contributed by atoms with Crippen molar-refractivity contribution in [2.45, 2.75) is 46.1 Å². The molecule has 0 spiro atoms. The molecule has 2 aromatic heterocycles. The predicted molar refractivity (Wildman–Crippen MR) is 102 cm³/mol. The second kappa shape index (κ2) is 6.19. The topological polar surface area (TPSA) is 77.0 Å². The number of aromatic nitrogens is 2. The molecule has 0 radical (unpaired) electrons. The number of nitrogens with two attached hydrogens (primary N) is 1. The number of thiazole rings is 1. The van der Waals surface area contributed by atoms with Crippen LogP contribution in [0.4, 0.5) is 11.4 Å². The average molecular weight is 354 g/mol. The Morgan fingerprint density at radius 2 is 2.12 bits per heavy atom. The van der Waals surface area contributed by atoms with E-state index in [1.54, 1.807) is 0 Å². The van der Waals surface area contributed by atoms with E-state index in [1.165, 1.54) is 10.6 Å². The Morgan fingerprint density at radius 1 is 1.28 bits per heavy atom. The van der Waals surface area contributed by atoms with E-state index in [4.69, 9.17) is 10.3 Å². The molecular weight excluding hydrogens is 332 g/mol. The lowest BCUT2D eigenvalue weighted by atomic mass is 9.97. The number of hydrogen-bond acceptors (Lipinski definition) is 6. The van der Waals surface area contributed by atoms with Crippen LogP contribution in [0.1, 0.15) is 33.5 Å². The number of nitrogen functional groups attached to an aromatic ring is 1. The molecule has 0 amide bonds. The molecular formula is C19H22N4OS. The summed E-state index contributed by atoms with van der Waals surface area (Å²) >= 11 is 1.81. The van der Waals surface area contributed by atoms with Crippen molar-refractivity contribution >= 4 is 22.7 Å². The summed E-state index contributed by atoms with van der Waals surface area (Å²) in [4.78, 5) is 6.03. The van der Waals surface area contributed by atoms with Gasteiger partial charge in [0.2, 0.25) is 0 Å². The van der Waals surface area contributed by atoms with Crippen LogP contribution < -0.4 is 11.1 Å². The SMILES string of the molecule is Cc1nc2c(s1)C[C@H](Nc1ccc(-c3c(C)noc3C)cc1N)CC2. The molecule has 25 heavy (non-hydrogen) atoms. The fraction of sp³-hybridized carbons (Fsp3) is 0.368. The first-order valence-corrected chi connectivity index (χ1v) is 9.37. The quantitative estimate of drug-likeness (QED) is 0.687. The van der Waals surface area contributed by atoms with Gasteiger partial charge in [0.1, 0.15) is 5.76 Å². The zero-order valence-corrected chi connectivity index (χ0v) is 15.5. The van der Waals surface area contributed by atoms with E-state index in [9.17, 15) is 0 Å². The largest absolute Gasteiger partial charge is 0.397 e. The maximum Gasteiger partial charge on any atom is 0.141 e. The van der Waals surface area contributed by atoms with Gasteiger partial charge in [-0.15, -0.1) is 11.3 Å². The summed E-state index contributed by atoms with van der Waals surface area (Å²) in [7, 11) is 0. The summed E-state index contributed by atoms with van der Waals surface area (Å²) in [6.45, 7) is 5.95. The van der Waals surface area contributed by atoms with Crippen LogP contribution in [0.15, 0.2) is 22.7 Å². The lowest BCUT2D eigenvalue weighted by molar-refractivity contribution is 0.393. The van der Waals surface area contributed by atoms with Crippen LogP contribution in [-0.4, -0.2) is 16.2 Å². The number of fused-ring (bicyclic) bond motifs is 1. The van der Waals surface area contributed by atoms with Crippen LogP contribution in [0.2, 0.25) is 0 Å². The van der Waals surface area contributed by atoms with E-state index in [0.29, 0.717) is 6.04 Å². The van der Waals surface area contributed by atoms with Crippen molar-refractivity contribution in [3.8, 4) is 11.1 Å². The first kappa shape index (κ1) is 16.1. The Balaban J connectivity index is 1.54. The standard InChI is InChI=1S/C19H22N4OS/c1-10-19(11(2)24-23-10)13-4-6-16(15(20)8-13)22-14-5-7-17-18(9-14)25-12(3)21-17/h4,6,8,14,22H,5,7,9,20H2,1-3H3/t14-/m1/s1. The van der Waals surface area contributed by atoms with Crippen molar-refractivity contribution in [1.29, 1.82) is 0 Å². The number of hydrogen-bond donors (Lipinski definition) is 2. The molecule has 4 rings (SSSR count). The summed E-state index contributed by atoms with van der Waals surface area (Å²) in [6.07, 6.45) is 3.14. The average Bonchev–Trinajstić information content (AvgIpc) is 3.10. The van der Waals surface area contributed by atoms with Crippen LogP contribution in [-0.2, 0) is 12.8 Å². The van der Waals surface area contributed by atoms with Gasteiger partial charge in [-0.2, -0.15) is 0 Å². The van der Waals surface area contributed by atoms with Crippen LogP contribution in [0.5, 0.6) is 0 Å². The lowest BCUT2D eigenvalue weighted by Gasteiger charge is -2.24. The Hall–Kier alpha value is -2.34. The second-order valence-corrected chi connectivity index (χ2v) is 7.98. The Bertz CT molecular complexity index is 908. The number of anilines is 2. The molecule has 3 N–H and O–H groups in total. The van der Waals surface area contributed by atoms with Gasteiger partial charge in [0.05, 0.1) is 27.8 Å². The molecule has 0 unspecified atom stereocenters. The fourth-order valence-electron chi connectivity index (χ4n) is 3.59. The predicted octanol–water partition coefficient (Wildman–Crippen LogP) is 4.27. The zero-order valence-electron chi connectivity index (χ0n) is 14.7. The summed E-state index contributed by atoms with van der Waals surface area (Å²) < 4.78 is 5.27. The molecule has 0 saturated carbocycles. The first-order chi connectivity index (χ1) is 12.0. The van der Waals surface area contributed by atoms with Crippen molar-refractivity contribution in [2.24, 2.45) is 0 Å². The van der Waals surface area contributed by atoms with Gasteiger partial charge in [0.25, 0.3) is 0 Å². The smallest absolute Gasteiger partial charge is 0.141 e. The molecule has 1 aliphatic rings. The molecule has 5 nitrogen and oxygen atoms in total. The fourth-order valence-corrected chi connectivity index (χ4v) is 4.65. The van der Waals surface area contributed by atoms with E-state index in [1.807, 2.05) is 31.3 Å². The van der Waals surface area contributed by atoms with Crippen LogP contribution >= 0.6 is 11.3 Å². The molecule has 0 fully saturated rings. The van der Waals surface area contributed by atoms with Gasteiger partial charge in [-0.3, -0.25) is 0 Å². The van der Waals surface area contributed by atoms with Crippen molar-refractivity contribution < 1.29 is 4.52 Å². The van der Waals surface area contributed by atoms with E-state index in [0.717, 1.165) is 58.2 Å². The molecule has 2 heterocycles. The third-order valence-corrected chi connectivity index (χ3v) is 5.82. The minimum Gasteiger partial charge on any atom is -0.397 e. The third kappa shape index (κ3) is 3.02. The van der Waals surface area contributed by atoms with Crippen LogP contribution in [0.25, 0.3) is 11.1 Å². The molecule has 0 bridgehead atoms. The van der Waals surface area contributed by atoms with Crippen molar-refractivity contribution in [1.82, 2.24) is 10.1 Å². The minimum absolute atomic E-state index is 0.402. The van der Waals surface area contributed by atoms with Gasteiger partial charge in [-0.25, -0.2) is 4.98 Å². The van der Waals surface area contributed by atoms with Gasteiger partial charge < -0.3 is 15.6 Å². The molecule has 6 heteroatoms. The van der Waals surface area contributed by atoms with Crippen LogP contribution in [0.3, 0.4) is 0 Å². The third-order valence-electron chi connectivity index (χ3n) is 4.78. The second-order valence-electron chi connectivity index (χ2n) is 6.69. The number of nitrogens with one attached hydrogen (secondary N) is 1. The van der Waals surface area contributed by atoms with E-state index in [-0.39, 0.29) is 0 Å². The highest BCUT2D eigenvalue weighted by atomic mass is 32.1. The summed E-state index contributed by atoms with van der Waals surface area (Å²) in [5.74, 6) is 0.818. The molecule has 0 aliphatic heterocycles. The van der Waals surface area contributed by atoms with Gasteiger partial charge in [-0.05, 0) is 51.3 Å². The van der Waals surface area contributed by atoms with Crippen LogP contribution in [0, 0.1) is 20.8 Å². The summed E-state index contributed by atoms with van der Waals surface area (Å²) in [5, 5.41) is 8.80. The monoisotopic (exact) mass is 354 g/mol. The number of rotatable bonds is 3. The van der Waals surface area contributed by atoms with Crippen molar-refractivity contribution in [3.63, 3.8) is 0 Å². The van der Waals surface area contributed by atoms with E-state index >= 15 is 0 Å². The highest BCUT2D eigenvalue weighted by molar-refractivity contribution is 7.11. The highest BCUT2D eigenvalue weighted by Crippen LogP contribution is 2.33. The maximum atomic E-state index is 6.32. The zero-order chi connectivity index (χ0) is 17.6. The number of aryl methyl sites for hydroxylation is 4. The summed E-state index contributed by atoms with van der Waals surface area (Å²) in [5.41, 5.74) is 12.3. The van der Waals surface area contributed by atoms with Crippen molar-refractivity contribution in [3.05, 3.63) is 45.2 Å². The minimum atomic E-state index is 0.402. The molecule has 1 aromatic carbocycles. The Labute approximate surface area is 151 Å². The molecule has 130 valence electrons. The first-order valence-electron chi connectivity index (χ1n) is 8.55. The normalized spacial score (nSPS) is 16.7. The van der Waals surface area contributed by atoms with Gasteiger partial charge in [0.15, 0.2) is 0 Å². The van der Waals surface area contributed by atoms with Crippen molar-refractivity contribution in [2.75, 3.05) is 11.1 Å². The molecule has 3 aromatic rings. The van der Waals surface area contributed by atoms with Gasteiger partial charge >= 0.3 is 0 Å². The van der Waals surface area contributed by atoms with E-state index in [2.05, 4.69) is 34.5 Å². The Morgan fingerprint density at radius 3 is 2.84 bits per heavy atom. The van der Waals surface area contributed by atoms with Gasteiger partial charge in [0, 0.05) is 22.9 Å². The Kier molecular flexibility index (Phi) is 4.00. The maximum absolute atomic E-state index is 6.32. The summed E-state index contributed by atoms with van der Waals surface area (Å²) in [6, 6.07) is 6.54. The lowest BCUT2D eigenvalue weighted by Crippen LogP contribution is -2.27. The highest BCUT2D eigenvalue weighted by Gasteiger charge is 2.22. The number of benzene rings is 1. The molecule has 1 atom stereocenters. The molecule has 0 saturated heterocycles.